The Balaban J connectivity index is 5.23. The molecule has 17 nitrogen and oxygen atoms in total. The maximum atomic E-state index is 13.2. The summed E-state index contributed by atoms with van der Waals surface area (Å²) >= 11 is 0. The average Bonchev–Trinajstić information content (AvgIpc) is 0.899. The first-order chi connectivity index (χ1) is 52.3. The van der Waals surface area contributed by atoms with E-state index >= 15 is 0 Å². The van der Waals surface area contributed by atoms with E-state index in [1.165, 1.54) is 283 Å². The minimum Gasteiger partial charge on any atom is -0.462 e. The van der Waals surface area contributed by atoms with E-state index in [1.54, 1.807) is 0 Å². The summed E-state index contributed by atoms with van der Waals surface area (Å²) in [6.07, 6.45) is 70.9. The Morgan fingerprint density at radius 3 is 0.704 bits per heavy atom. The number of esters is 4. The normalized spacial score (nSPS) is 14.3. The van der Waals surface area contributed by atoms with Crippen LogP contribution in [-0.4, -0.2) is 96.7 Å². The van der Waals surface area contributed by atoms with Crippen LogP contribution in [-0.2, 0) is 65.4 Å². The molecule has 0 saturated carbocycles. The van der Waals surface area contributed by atoms with Gasteiger partial charge in [-0.15, -0.1) is 0 Å². The number of unbranched alkanes of at least 4 members (excludes halogenated alkanes) is 53. The zero-order valence-corrected chi connectivity index (χ0v) is 73.1. The number of aliphatic hydroxyl groups excluding tert-OH is 1. The SMILES string of the molecule is CCCCCCCCCCCCCCCCCCCCCCCC(=O)OC[C@H](COP(=O)(O)OC[C@@H](O)COP(=O)(O)OC[C@@H](COC(=O)CCCCCCCCCCC(C)CC)OC(=O)CCCCCCCCCCCCC(C)C)OC(=O)CCCCCCCCCCCCCCCCCCCCC(C)CC. The van der Waals surface area contributed by atoms with Crippen LogP contribution in [0.25, 0.3) is 0 Å². The number of phosphoric acid groups is 2. The Hall–Kier alpha value is -1.94. The van der Waals surface area contributed by atoms with Gasteiger partial charge in [-0.05, 0) is 43.4 Å². The zero-order chi connectivity index (χ0) is 79.3. The van der Waals surface area contributed by atoms with Gasteiger partial charge < -0.3 is 33.8 Å². The van der Waals surface area contributed by atoms with Crippen LogP contribution >= 0.6 is 15.6 Å². The summed E-state index contributed by atoms with van der Waals surface area (Å²) in [7, 11) is -9.93. The number of ether oxygens (including phenoxy) is 4. The highest BCUT2D eigenvalue weighted by Gasteiger charge is 2.31. The van der Waals surface area contributed by atoms with Gasteiger partial charge in [-0.1, -0.05) is 421 Å². The first kappa shape index (κ1) is 106. The van der Waals surface area contributed by atoms with Crippen molar-refractivity contribution >= 4 is 39.5 Å². The van der Waals surface area contributed by atoms with Crippen molar-refractivity contribution < 1.29 is 80.2 Å². The van der Waals surface area contributed by atoms with E-state index in [9.17, 15) is 43.2 Å². The van der Waals surface area contributed by atoms with Gasteiger partial charge in [0.2, 0.25) is 0 Å². The number of aliphatic hydroxyl groups is 1. The van der Waals surface area contributed by atoms with Crippen LogP contribution < -0.4 is 0 Å². The van der Waals surface area contributed by atoms with Crippen molar-refractivity contribution in [3.8, 4) is 0 Å². The van der Waals surface area contributed by atoms with E-state index in [0.29, 0.717) is 25.7 Å². The standard InChI is InChI=1S/C89H174O17P2/c1-8-11-12-13-14-15-16-17-18-19-20-21-22-26-29-32-35-41-49-56-63-70-86(91)99-76-84(105-88(93)72-65-58-51-42-36-33-30-27-24-23-25-28-31-34-40-47-54-61-68-81(6)9-2)78-103-107(95,96)101-74-83(90)75-102-108(97,98)104-79-85(77-100-87(92)71-64-57-50-45-44-48-55-62-69-82(7)10-3)106-89(94)73-66-59-52-43-38-37-39-46-53-60-67-80(4)5/h80-85,90H,8-79H2,1-7H3,(H,95,96)(H,97,98)/t81?,82?,83-,84-,85-/m1/s1. The summed E-state index contributed by atoms with van der Waals surface area (Å²) in [5.41, 5.74) is 0. The summed E-state index contributed by atoms with van der Waals surface area (Å²) in [5.74, 6) is 0.297. The van der Waals surface area contributed by atoms with E-state index in [-0.39, 0.29) is 25.7 Å². The summed E-state index contributed by atoms with van der Waals surface area (Å²) in [6.45, 7) is 12.0. The first-order valence-corrected chi connectivity index (χ1v) is 48.9. The highest BCUT2D eigenvalue weighted by atomic mass is 31.2. The van der Waals surface area contributed by atoms with E-state index in [4.69, 9.17) is 37.0 Å². The Labute approximate surface area is 664 Å². The molecule has 7 atom stereocenters. The molecule has 19 heteroatoms. The average molecular weight is 1580 g/mol. The molecule has 642 valence electrons. The topological polar surface area (TPSA) is 237 Å². The van der Waals surface area contributed by atoms with Crippen LogP contribution in [0.5, 0.6) is 0 Å². The second kappa shape index (κ2) is 78.9. The van der Waals surface area contributed by atoms with Crippen LogP contribution in [0.3, 0.4) is 0 Å². The van der Waals surface area contributed by atoms with Crippen molar-refractivity contribution in [3.05, 3.63) is 0 Å². The van der Waals surface area contributed by atoms with E-state index < -0.39 is 97.5 Å². The van der Waals surface area contributed by atoms with Crippen molar-refractivity contribution in [2.24, 2.45) is 17.8 Å². The zero-order valence-electron chi connectivity index (χ0n) is 71.3. The van der Waals surface area contributed by atoms with Crippen LogP contribution in [0.4, 0.5) is 0 Å². The molecular weight excluding hydrogens is 1400 g/mol. The van der Waals surface area contributed by atoms with Gasteiger partial charge in [-0.3, -0.25) is 37.3 Å². The van der Waals surface area contributed by atoms with Gasteiger partial charge >= 0.3 is 39.5 Å². The van der Waals surface area contributed by atoms with E-state index in [2.05, 4.69) is 48.5 Å². The lowest BCUT2D eigenvalue weighted by molar-refractivity contribution is -0.161. The molecule has 0 bridgehead atoms. The van der Waals surface area contributed by atoms with Gasteiger partial charge in [0.15, 0.2) is 12.2 Å². The molecule has 0 radical (unpaired) electrons. The van der Waals surface area contributed by atoms with Crippen LogP contribution in [0.15, 0.2) is 0 Å². The van der Waals surface area contributed by atoms with Gasteiger partial charge in [-0.25, -0.2) is 9.13 Å². The molecule has 0 aliphatic heterocycles. The Kier molecular flexibility index (Phi) is 77.5. The van der Waals surface area contributed by atoms with E-state index in [1.807, 2.05) is 0 Å². The number of hydrogen-bond donors (Lipinski definition) is 3. The first-order valence-electron chi connectivity index (χ1n) is 45.9. The lowest BCUT2D eigenvalue weighted by Gasteiger charge is -2.21. The molecule has 0 aliphatic carbocycles. The third kappa shape index (κ3) is 79.3. The number of rotatable bonds is 87. The minimum atomic E-state index is -4.97. The predicted molar refractivity (Wildman–Crippen MR) is 446 cm³/mol. The Morgan fingerprint density at radius 1 is 0.269 bits per heavy atom. The van der Waals surface area contributed by atoms with Gasteiger partial charge in [0.05, 0.1) is 26.4 Å². The van der Waals surface area contributed by atoms with Crippen molar-refractivity contribution in [2.45, 2.75) is 491 Å². The predicted octanol–water partition coefficient (Wildman–Crippen LogP) is 27.3. The number of carbonyl (C=O) groups is 4. The molecule has 0 spiro atoms. The van der Waals surface area contributed by atoms with Crippen molar-refractivity contribution in [2.75, 3.05) is 39.6 Å². The fourth-order valence-electron chi connectivity index (χ4n) is 13.8. The van der Waals surface area contributed by atoms with Crippen LogP contribution in [0.1, 0.15) is 472 Å². The Morgan fingerprint density at radius 2 is 0.472 bits per heavy atom. The van der Waals surface area contributed by atoms with Gasteiger partial charge in [0, 0.05) is 25.7 Å². The molecule has 0 amide bonds. The maximum Gasteiger partial charge on any atom is 0.472 e. The molecule has 3 N–H and O–H groups in total. The third-order valence-corrected chi connectivity index (χ3v) is 23.5. The monoisotopic (exact) mass is 1580 g/mol. The van der Waals surface area contributed by atoms with Gasteiger partial charge in [0.25, 0.3) is 0 Å². The van der Waals surface area contributed by atoms with Crippen molar-refractivity contribution in [3.63, 3.8) is 0 Å². The Bertz CT molecular complexity index is 2080. The van der Waals surface area contributed by atoms with Gasteiger partial charge in [0.1, 0.15) is 19.3 Å². The molecule has 0 aromatic heterocycles. The molecule has 0 rings (SSSR count). The van der Waals surface area contributed by atoms with Crippen LogP contribution in [0.2, 0.25) is 0 Å². The summed E-state index contributed by atoms with van der Waals surface area (Å²) in [5, 5.41) is 10.7. The quantitative estimate of drug-likeness (QED) is 0.0222. The highest BCUT2D eigenvalue weighted by Crippen LogP contribution is 2.45. The molecule has 0 fully saturated rings. The summed E-state index contributed by atoms with van der Waals surface area (Å²) < 4.78 is 69.0. The third-order valence-electron chi connectivity index (χ3n) is 21.6. The molecule has 108 heavy (non-hydrogen) atoms. The van der Waals surface area contributed by atoms with E-state index in [0.717, 1.165) is 108 Å². The minimum absolute atomic E-state index is 0.106. The number of hydrogen-bond acceptors (Lipinski definition) is 15. The molecule has 0 aromatic carbocycles. The maximum absolute atomic E-state index is 13.2. The van der Waals surface area contributed by atoms with Crippen LogP contribution in [0, 0.1) is 17.8 Å². The smallest absolute Gasteiger partial charge is 0.462 e. The highest BCUT2D eigenvalue weighted by molar-refractivity contribution is 7.47. The van der Waals surface area contributed by atoms with Crippen molar-refractivity contribution in [1.29, 1.82) is 0 Å². The molecule has 0 aliphatic rings. The lowest BCUT2D eigenvalue weighted by atomic mass is 9.99. The molecule has 0 saturated heterocycles. The second-order valence-corrected chi connectivity index (χ2v) is 35.9. The van der Waals surface area contributed by atoms with Gasteiger partial charge in [-0.2, -0.15) is 0 Å². The van der Waals surface area contributed by atoms with Crippen molar-refractivity contribution in [1.82, 2.24) is 0 Å². The fraction of sp³-hybridized carbons (Fsp3) is 0.955. The molecule has 4 unspecified atom stereocenters. The summed E-state index contributed by atoms with van der Waals surface area (Å²) in [6, 6.07) is 0. The summed E-state index contributed by atoms with van der Waals surface area (Å²) in [4.78, 5) is 73.3. The number of carbonyl (C=O) groups excluding carboxylic acids is 4. The fourth-order valence-corrected chi connectivity index (χ4v) is 15.4. The largest absolute Gasteiger partial charge is 0.472 e. The molecular formula is C89H174O17P2. The second-order valence-electron chi connectivity index (χ2n) is 32.9. The molecule has 0 aromatic rings. The lowest BCUT2D eigenvalue weighted by Crippen LogP contribution is -2.30. The number of phosphoric ester groups is 2. The molecule has 0 heterocycles.